The number of hydrogen-bond donors (Lipinski definition) is 0. The number of fused-ring (bicyclic) bond motifs is 1. The summed E-state index contributed by atoms with van der Waals surface area (Å²) in [5.74, 6) is 2.10. The second kappa shape index (κ2) is 7.33. The molecule has 3 aliphatic rings. The molecule has 1 saturated heterocycles. The minimum absolute atomic E-state index is 0.141. The Bertz CT molecular complexity index is 726. The molecule has 0 saturated carbocycles. The van der Waals surface area contributed by atoms with Crippen molar-refractivity contribution in [1.29, 1.82) is 0 Å². The van der Waals surface area contributed by atoms with E-state index in [1.54, 1.807) is 0 Å². The highest BCUT2D eigenvalue weighted by atomic mass is 28.4. The Kier molecular flexibility index (Phi) is 5.93. The van der Waals surface area contributed by atoms with Gasteiger partial charge in [-0.25, -0.2) is 0 Å². The lowest BCUT2D eigenvalue weighted by Crippen LogP contribution is -2.51. The fraction of sp³-hybridized carbons (Fsp3) is 0.840. The topological polar surface area (TPSA) is 27.7 Å². The predicted molar refractivity (Wildman–Crippen MR) is 132 cm³/mol. The van der Waals surface area contributed by atoms with E-state index < -0.39 is 16.6 Å². The van der Waals surface area contributed by atoms with Crippen molar-refractivity contribution in [2.24, 2.45) is 11.8 Å². The van der Waals surface area contributed by atoms with E-state index in [0.29, 0.717) is 18.4 Å². The molecule has 0 aromatic rings. The van der Waals surface area contributed by atoms with Crippen molar-refractivity contribution < 1.29 is 13.6 Å². The van der Waals surface area contributed by atoms with Gasteiger partial charge in [0.15, 0.2) is 8.32 Å². The molecule has 1 aliphatic carbocycles. The first-order valence-electron chi connectivity index (χ1n) is 11.8. The number of rotatable bonds is 5. The van der Waals surface area contributed by atoms with Gasteiger partial charge in [0.2, 0.25) is 8.32 Å². The number of ether oxygens (including phenoxy) is 1. The SMILES string of the molecule is C[C@@H]1CC=C[C@@H]2C[C@@]3(CO[Si](C)(C)C(C)(C)C)C=C(O[Si](C)(C)C(C)(C)C)C[C@@]12O3. The molecule has 0 aromatic heterocycles. The summed E-state index contributed by atoms with van der Waals surface area (Å²) < 4.78 is 20.7. The zero-order valence-corrected chi connectivity index (χ0v) is 23.4. The first-order chi connectivity index (χ1) is 13.4. The molecule has 2 aliphatic heterocycles. The zero-order chi connectivity index (χ0) is 22.8. The Morgan fingerprint density at radius 3 is 2.20 bits per heavy atom. The van der Waals surface area contributed by atoms with Crippen LogP contribution in [0.5, 0.6) is 0 Å². The largest absolute Gasteiger partial charge is 0.547 e. The normalized spacial score (nSPS) is 34.6. The molecule has 1 fully saturated rings. The van der Waals surface area contributed by atoms with Crippen LogP contribution < -0.4 is 0 Å². The van der Waals surface area contributed by atoms with Gasteiger partial charge in [0, 0.05) is 12.3 Å². The van der Waals surface area contributed by atoms with Gasteiger partial charge >= 0.3 is 0 Å². The van der Waals surface area contributed by atoms with Crippen LogP contribution in [-0.4, -0.2) is 34.4 Å². The summed E-state index contributed by atoms with van der Waals surface area (Å²) in [5, 5.41) is 0.379. The van der Waals surface area contributed by atoms with Crippen LogP contribution in [0.3, 0.4) is 0 Å². The quantitative estimate of drug-likeness (QED) is 0.322. The molecule has 1 spiro atoms. The average molecular weight is 451 g/mol. The van der Waals surface area contributed by atoms with Gasteiger partial charge in [-0.1, -0.05) is 60.6 Å². The van der Waals surface area contributed by atoms with E-state index in [0.717, 1.165) is 25.0 Å². The molecule has 30 heavy (non-hydrogen) atoms. The lowest BCUT2D eigenvalue weighted by Gasteiger charge is -2.48. The third-order valence-electron chi connectivity index (χ3n) is 8.83. The average Bonchev–Trinajstić information content (AvgIpc) is 2.80. The highest BCUT2D eigenvalue weighted by Crippen LogP contribution is 2.58. The van der Waals surface area contributed by atoms with Gasteiger partial charge < -0.3 is 13.6 Å². The summed E-state index contributed by atoms with van der Waals surface area (Å²) in [5.41, 5.74) is -0.503. The third kappa shape index (κ3) is 4.16. The first-order valence-corrected chi connectivity index (χ1v) is 17.7. The molecule has 0 amide bonds. The molecule has 0 aromatic carbocycles. The van der Waals surface area contributed by atoms with Gasteiger partial charge in [-0.2, -0.15) is 0 Å². The lowest BCUT2D eigenvalue weighted by molar-refractivity contribution is -0.145. The van der Waals surface area contributed by atoms with Crippen molar-refractivity contribution >= 4 is 16.6 Å². The molecular weight excluding hydrogens is 404 g/mol. The van der Waals surface area contributed by atoms with Gasteiger partial charge in [0.05, 0.1) is 18.0 Å². The molecule has 4 atom stereocenters. The van der Waals surface area contributed by atoms with E-state index in [4.69, 9.17) is 13.6 Å². The summed E-state index contributed by atoms with van der Waals surface area (Å²) >= 11 is 0. The van der Waals surface area contributed by atoms with Gasteiger partial charge in [-0.15, -0.1) is 0 Å². The van der Waals surface area contributed by atoms with Crippen molar-refractivity contribution in [1.82, 2.24) is 0 Å². The molecule has 0 radical (unpaired) electrons. The minimum atomic E-state index is -1.90. The van der Waals surface area contributed by atoms with Gasteiger partial charge in [0.25, 0.3) is 0 Å². The molecule has 0 N–H and O–H groups in total. The summed E-state index contributed by atoms with van der Waals surface area (Å²) in [6, 6.07) is 0. The molecule has 5 heteroatoms. The van der Waals surface area contributed by atoms with Crippen molar-refractivity contribution in [2.75, 3.05) is 6.61 Å². The van der Waals surface area contributed by atoms with E-state index in [-0.39, 0.29) is 21.3 Å². The fourth-order valence-electron chi connectivity index (χ4n) is 4.63. The molecule has 2 heterocycles. The second-order valence-corrected chi connectivity index (χ2v) is 22.7. The van der Waals surface area contributed by atoms with E-state index in [2.05, 4.69) is 92.9 Å². The third-order valence-corrected chi connectivity index (χ3v) is 17.7. The zero-order valence-electron chi connectivity index (χ0n) is 21.4. The molecule has 3 nitrogen and oxygen atoms in total. The van der Waals surface area contributed by atoms with Crippen LogP contribution in [-0.2, 0) is 13.6 Å². The van der Waals surface area contributed by atoms with Crippen molar-refractivity contribution in [3.8, 4) is 0 Å². The van der Waals surface area contributed by atoms with Gasteiger partial charge in [-0.3, -0.25) is 0 Å². The maximum Gasteiger partial charge on any atom is 0.250 e. The van der Waals surface area contributed by atoms with E-state index in [1.165, 1.54) is 0 Å². The van der Waals surface area contributed by atoms with Crippen molar-refractivity contribution in [3.05, 3.63) is 24.0 Å². The van der Waals surface area contributed by atoms with Crippen molar-refractivity contribution in [2.45, 2.75) is 115 Å². The molecule has 0 unspecified atom stereocenters. The van der Waals surface area contributed by atoms with Gasteiger partial charge in [0.1, 0.15) is 5.60 Å². The number of hydrogen-bond acceptors (Lipinski definition) is 3. The van der Waals surface area contributed by atoms with Gasteiger partial charge in [-0.05, 0) is 61.1 Å². The smallest absolute Gasteiger partial charge is 0.250 e. The second-order valence-electron chi connectivity index (χ2n) is 13.2. The highest BCUT2D eigenvalue weighted by Gasteiger charge is 2.61. The van der Waals surface area contributed by atoms with Crippen LogP contribution in [0.1, 0.15) is 67.7 Å². The monoisotopic (exact) mass is 450 g/mol. The summed E-state index contributed by atoms with van der Waals surface area (Å²) in [6.07, 6.45) is 10.1. The summed E-state index contributed by atoms with van der Waals surface area (Å²) in [7, 11) is -3.76. The highest BCUT2D eigenvalue weighted by molar-refractivity contribution is 6.74. The summed E-state index contributed by atoms with van der Waals surface area (Å²) in [6.45, 7) is 26.2. The van der Waals surface area contributed by atoms with Crippen LogP contribution in [0.15, 0.2) is 24.0 Å². The molecular formula is C25H46O3Si2. The number of allylic oxidation sites excluding steroid dienone is 1. The predicted octanol–water partition coefficient (Wildman–Crippen LogP) is 7.43. The maximum absolute atomic E-state index is 7.03. The van der Waals surface area contributed by atoms with Crippen molar-refractivity contribution in [3.63, 3.8) is 0 Å². The van der Waals surface area contributed by atoms with Crippen LogP contribution in [0.4, 0.5) is 0 Å². The standard InChI is InChI=1S/C25H46O3Si2/c1-19-13-12-14-20-15-24(18-26-29(8,9)22(2,3)4)16-21(17-25(19,20)28-24)27-30(10,11)23(5,6)7/h12,14,16,19-20H,13,15,17-18H2,1-11H3/t19-,20-,24+,25-/m1/s1. The molecule has 172 valence electrons. The summed E-state index contributed by atoms with van der Waals surface area (Å²) in [4.78, 5) is 0. The fourth-order valence-corrected chi connectivity index (χ4v) is 6.76. The lowest BCUT2D eigenvalue weighted by atomic mass is 9.71. The Labute approximate surface area is 187 Å². The maximum atomic E-state index is 7.03. The Morgan fingerprint density at radius 2 is 1.63 bits per heavy atom. The van der Waals surface area contributed by atoms with Crippen LogP contribution >= 0.6 is 0 Å². The van der Waals surface area contributed by atoms with E-state index in [9.17, 15) is 0 Å². The Morgan fingerprint density at radius 1 is 1.03 bits per heavy atom. The molecule has 2 bridgehead atoms. The van der Waals surface area contributed by atoms with E-state index in [1.807, 2.05) is 0 Å². The van der Waals surface area contributed by atoms with Crippen LogP contribution in [0, 0.1) is 11.8 Å². The van der Waals surface area contributed by atoms with E-state index >= 15 is 0 Å². The molecule has 3 rings (SSSR count). The first kappa shape index (κ1) is 24.3. The van der Waals surface area contributed by atoms with Crippen LogP contribution in [0.2, 0.25) is 36.3 Å². The Hall–Kier alpha value is -0.366. The van der Waals surface area contributed by atoms with Crippen LogP contribution in [0.25, 0.3) is 0 Å². The minimum Gasteiger partial charge on any atom is -0.547 e. The Balaban J connectivity index is 1.94.